The van der Waals surface area contributed by atoms with E-state index in [9.17, 15) is 19.2 Å². The van der Waals surface area contributed by atoms with Crippen LogP contribution in [0.3, 0.4) is 0 Å². The molecular weight excluding hydrogens is 548 g/mol. The van der Waals surface area contributed by atoms with Crippen molar-refractivity contribution in [2.75, 3.05) is 7.05 Å². The fourth-order valence-corrected chi connectivity index (χ4v) is 4.58. The van der Waals surface area contributed by atoms with Crippen LogP contribution in [0.15, 0.2) is 30.3 Å². The SMILES string of the molecule is CCCCCCCCCCCCCC(OC(=O)[C@H](CCCC(=O)OCc1ccccc1)NC(=O)OC(C)(C)C)C(=O)NC. The van der Waals surface area contributed by atoms with Crippen LogP contribution < -0.4 is 10.6 Å². The highest BCUT2D eigenvalue weighted by Gasteiger charge is 2.30. The molecule has 1 unspecified atom stereocenters. The number of hydrogen-bond donors (Lipinski definition) is 2. The number of amides is 2. The van der Waals surface area contributed by atoms with E-state index >= 15 is 0 Å². The molecule has 0 saturated carbocycles. The molecule has 1 aromatic carbocycles. The first kappa shape index (κ1) is 37.9. The zero-order chi connectivity index (χ0) is 31.9. The van der Waals surface area contributed by atoms with Crippen molar-refractivity contribution in [2.45, 2.75) is 148 Å². The first-order valence-electron chi connectivity index (χ1n) is 16.2. The van der Waals surface area contributed by atoms with Crippen molar-refractivity contribution in [1.29, 1.82) is 0 Å². The summed E-state index contributed by atoms with van der Waals surface area (Å²) in [5, 5.41) is 5.13. The van der Waals surface area contributed by atoms with Crippen molar-refractivity contribution < 1.29 is 33.4 Å². The van der Waals surface area contributed by atoms with Gasteiger partial charge in [-0.15, -0.1) is 0 Å². The fraction of sp³-hybridized carbons (Fsp3) is 0.706. The van der Waals surface area contributed by atoms with Gasteiger partial charge >= 0.3 is 18.0 Å². The molecule has 2 N–H and O–H groups in total. The average molecular weight is 605 g/mol. The lowest BCUT2D eigenvalue weighted by Gasteiger charge is -2.24. The monoisotopic (exact) mass is 604 g/mol. The Morgan fingerprint density at radius 2 is 1.37 bits per heavy atom. The molecule has 0 heterocycles. The van der Waals surface area contributed by atoms with Gasteiger partial charge in [0.25, 0.3) is 5.91 Å². The summed E-state index contributed by atoms with van der Waals surface area (Å²) in [6.45, 7) is 7.55. The Balaban J connectivity index is 2.59. The maximum atomic E-state index is 13.2. The molecule has 0 aliphatic carbocycles. The summed E-state index contributed by atoms with van der Waals surface area (Å²) >= 11 is 0. The third-order valence-corrected chi connectivity index (χ3v) is 6.96. The summed E-state index contributed by atoms with van der Waals surface area (Å²) in [7, 11) is 1.50. The van der Waals surface area contributed by atoms with Crippen molar-refractivity contribution in [1.82, 2.24) is 10.6 Å². The minimum atomic E-state index is -1.08. The number of benzene rings is 1. The van der Waals surface area contributed by atoms with Gasteiger partial charge in [0, 0.05) is 13.5 Å². The number of ether oxygens (including phenoxy) is 3. The Morgan fingerprint density at radius 3 is 1.93 bits per heavy atom. The van der Waals surface area contributed by atoms with Crippen molar-refractivity contribution in [3.63, 3.8) is 0 Å². The standard InChI is InChI=1S/C34H56N2O7/c1-6-7-8-9-10-11-12-13-14-15-19-24-29(31(38)35-5)42-32(39)28(36-33(40)43-34(2,3)4)23-20-25-30(37)41-26-27-21-17-16-18-22-27/h16-18,21-22,28-29H,6-15,19-20,23-26H2,1-5H3,(H,35,38)(H,36,40)/t28-,29?/m0/s1. The number of hydrogen-bond acceptors (Lipinski definition) is 7. The van der Waals surface area contributed by atoms with Gasteiger partial charge in [0.2, 0.25) is 0 Å². The van der Waals surface area contributed by atoms with Crippen LogP contribution in [0, 0.1) is 0 Å². The summed E-state index contributed by atoms with van der Waals surface area (Å²) < 4.78 is 16.2. The number of unbranched alkanes of at least 4 members (excludes halogenated alkanes) is 10. The summed E-state index contributed by atoms with van der Waals surface area (Å²) in [4.78, 5) is 50.4. The predicted molar refractivity (Wildman–Crippen MR) is 168 cm³/mol. The van der Waals surface area contributed by atoms with Gasteiger partial charge in [-0.1, -0.05) is 101 Å². The third kappa shape index (κ3) is 19.7. The highest BCUT2D eigenvalue weighted by atomic mass is 16.6. The lowest BCUT2D eigenvalue weighted by Crippen LogP contribution is -2.46. The van der Waals surface area contributed by atoms with Gasteiger partial charge in [-0.05, 0) is 52.0 Å². The molecule has 0 aliphatic rings. The summed E-state index contributed by atoms with van der Waals surface area (Å²) in [6.07, 6.45) is 12.0. The minimum Gasteiger partial charge on any atom is -0.461 e. The van der Waals surface area contributed by atoms with Crippen molar-refractivity contribution in [3.05, 3.63) is 35.9 Å². The number of carbonyl (C=O) groups excluding carboxylic acids is 4. The van der Waals surface area contributed by atoms with E-state index in [2.05, 4.69) is 17.6 Å². The third-order valence-electron chi connectivity index (χ3n) is 6.96. The van der Waals surface area contributed by atoms with Gasteiger partial charge in [0.1, 0.15) is 18.2 Å². The molecule has 0 aromatic heterocycles. The second kappa shape index (κ2) is 22.4. The topological polar surface area (TPSA) is 120 Å². The van der Waals surface area contributed by atoms with Crippen LogP contribution >= 0.6 is 0 Å². The van der Waals surface area contributed by atoms with Crippen LogP contribution in [-0.4, -0.2) is 48.7 Å². The molecule has 9 nitrogen and oxygen atoms in total. The molecule has 0 radical (unpaired) electrons. The predicted octanol–water partition coefficient (Wildman–Crippen LogP) is 7.15. The number of carbonyl (C=O) groups is 4. The van der Waals surface area contributed by atoms with Crippen LogP contribution in [0.2, 0.25) is 0 Å². The van der Waals surface area contributed by atoms with Crippen LogP contribution in [0.25, 0.3) is 0 Å². The molecule has 2 atom stereocenters. The van der Waals surface area contributed by atoms with Gasteiger partial charge in [-0.25, -0.2) is 9.59 Å². The van der Waals surface area contributed by atoms with E-state index in [1.165, 1.54) is 52.0 Å². The number of likely N-dealkylation sites (N-methyl/N-ethyl adjacent to an activating group) is 1. The second-order valence-corrected chi connectivity index (χ2v) is 12.1. The van der Waals surface area contributed by atoms with Gasteiger partial charge in [-0.2, -0.15) is 0 Å². The molecule has 1 rings (SSSR count). The van der Waals surface area contributed by atoms with E-state index in [4.69, 9.17) is 14.2 Å². The van der Waals surface area contributed by atoms with Gasteiger partial charge in [-0.3, -0.25) is 9.59 Å². The molecule has 0 spiro atoms. The Kier molecular flexibility index (Phi) is 19.8. The lowest BCUT2D eigenvalue weighted by atomic mass is 10.0. The van der Waals surface area contributed by atoms with Crippen molar-refractivity contribution in [3.8, 4) is 0 Å². The molecule has 0 saturated heterocycles. The van der Waals surface area contributed by atoms with Crippen LogP contribution in [0.5, 0.6) is 0 Å². The Hall–Kier alpha value is -3.10. The molecule has 2 amide bonds. The molecule has 1 aromatic rings. The molecular formula is C34H56N2O7. The number of esters is 2. The normalized spacial score (nSPS) is 12.6. The number of rotatable bonds is 22. The first-order chi connectivity index (χ1) is 20.6. The average Bonchev–Trinajstić information content (AvgIpc) is 2.96. The number of nitrogens with one attached hydrogen (secondary N) is 2. The molecule has 43 heavy (non-hydrogen) atoms. The Morgan fingerprint density at radius 1 is 0.791 bits per heavy atom. The maximum Gasteiger partial charge on any atom is 0.408 e. The van der Waals surface area contributed by atoms with Crippen molar-refractivity contribution in [2.24, 2.45) is 0 Å². The zero-order valence-corrected chi connectivity index (χ0v) is 27.2. The van der Waals surface area contributed by atoms with Crippen LogP contribution in [0.1, 0.15) is 130 Å². The molecule has 0 fully saturated rings. The van der Waals surface area contributed by atoms with Gasteiger partial charge in [0.05, 0.1) is 0 Å². The van der Waals surface area contributed by atoms with E-state index in [0.29, 0.717) is 6.42 Å². The summed E-state index contributed by atoms with van der Waals surface area (Å²) in [6, 6.07) is 8.26. The van der Waals surface area contributed by atoms with E-state index in [1.54, 1.807) is 20.8 Å². The van der Waals surface area contributed by atoms with Crippen LogP contribution in [0.4, 0.5) is 4.79 Å². The first-order valence-corrected chi connectivity index (χ1v) is 16.2. The van der Waals surface area contributed by atoms with Crippen LogP contribution in [-0.2, 0) is 35.2 Å². The smallest absolute Gasteiger partial charge is 0.408 e. The van der Waals surface area contributed by atoms with Crippen molar-refractivity contribution >= 4 is 23.9 Å². The van der Waals surface area contributed by atoms with E-state index < -0.39 is 35.8 Å². The summed E-state index contributed by atoms with van der Waals surface area (Å²) in [5.41, 5.74) is 0.112. The molecule has 0 bridgehead atoms. The van der Waals surface area contributed by atoms with E-state index in [0.717, 1.165) is 31.2 Å². The molecule has 0 aliphatic heterocycles. The van der Waals surface area contributed by atoms with Gasteiger partial charge in [0.15, 0.2) is 6.10 Å². The molecule has 244 valence electrons. The maximum absolute atomic E-state index is 13.2. The Labute approximate surface area is 259 Å². The molecule has 9 heteroatoms. The fourth-order valence-electron chi connectivity index (χ4n) is 4.58. The van der Waals surface area contributed by atoms with Gasteiger partial charge < -0.3 is 24.8 Å². The second-order valence-electron chi connectivity index (χ2n) is 12.1. The van der Waals surface area contributed by atoms with E-state index in [1.807, 2.05) is 30.3 Å². The van der Waals surface area contributed by atoms with E-state index in [-0.39, 0.29) is 31.8 Å². The zero-order valence-electron chi connectivity index (χ0n) is 27.2. The summed E-state index contributed by atoms with van der Waals surface area (Å²) in [5.74, 6) is -1.53. The number of alkyl carbamates (subject to hydrolysis) is 1. The quantitative estimate of drug-likeness (QED) is 0.0819. The Bertz CT molecular complexity index is 930. The highest BCUT2D eigenvalue weighted by molar-refractivity contribution is 5.86. The lowest BCUT2D eigenvalue weighted by molar-refractivity contribution is -0.158. The highest BCUT2D eigenvalue weighted by Crippen LogP contribution is 2.16. The largest absolute Gasteiger partial charge is 0.461 e. The minimum absolute atomic E-state index is 0.0597.